The highest BCUT2D eigenvalue weighted by Crippen LogP contribution is 2.28. The molecule has 2 aromatic heterocycles. The van der Waals surface area contributed by atoms with Gasteiger partial charge in [-0.05, 0) is 49.2 Å². The Balaban J connectivity index is 1.55. The third kappa shape index (κ3) is 3.63. The molecule has 3 aromatic rings. The minimum atomic E-state index is -0.240. The van der Waals surface area contributed by atoms with Crippen LogP contribution in [0.1, 0.15) is 36.0 Å². The minimum absolute atomic E-state index is 0.115. The van der Waals surface area contributed by atoms with Gasteiger partial charge in [0, 0.05) is 38.4 Å². The number of aliphatic hydroxyl groups is 1. The topological polar surface area (TPSA) is 72.0 Å². The molecule has 1 atom stereocenters. The van der Waals surface area contributed by atoms with E-state index in [1.807, 2.05) is 23.9 Å². The van der Waals surface area contributed by atoms with E-state index in [9.17, 15) is 9.50 Å². The highest BCUT2D eigenvalue weighted by molar-refractivity contribution is 5.40. The van der Waals surface area contributed by atoms with Crippen molar-refractivity contribution in [2.45, 2.75) is 31.9 Å². The molecule has 0 unspecified atom stereocenters. The van der Waals surface area contributed by atoms with Crippen LogP contribution in [0.4, 0.5) is 4.39 Å². The molecule has 0 bridgehead atoms. The second-order valence-corrected chi connectivity index (χ2v) is 6.99. The lowest BCUT2D eigenvalue weighted by Crippen LogP contribution is -2.35. The van der Waals surface area contributed by atoms with Crippen molar-refractivity contribution in [1.82, 2.24) is 29.4 Å². The fourth-order valence-electron chi connectivity index (χ4n) is 3.83. The standard InChI is InChI=1S/C19H23FN6O/c1-24-18(13-27)22-23-19(24)14-4-2-8-25(11-14)12-15-10-16(20)5-6-17(15)26-9-3-7-21-26/h3,5-7,9-10,14,27H,2,4,8,11-13H2,1H3/t14-/m1/s1. The molecular weight excluding hydrogens is 347 g/mol. The molecule has 0 saturated carbocycles. The van der Waals surface area contributed by atoms with E-state index in [0.29, 0.717) is 12.4 Å². The monoisotopic (exact) mass is 370 g/mol. The van der Waals surface area contributed by atoms with Gasteiger partial charge < -0.3 is 9.67 Å². The van der Waals surface area contributed by atoms with Crippen LogP contribution >= 0.6 is 0 Å². The summed E-state index contributed by atoms with van der Waals surface area (Å²) in [6.07, 6.45) is 5.66. The molecule has 1 aromatic carbocycles. The van der Waals surface area contributed by atoms with Crippen LogP contribution in [-0.2, 0) is 20.2 Å². The van der Waals surface area contributed by atoms with E-state index in [4.69, 9.17) is 0 Å². The molecule has 3 heterocycles. The Morgan fingerprint density at radius 3 is 2.93 bits per heavy atom. The predicted molar refractivity (Wildman–Crippen MR) is 97.7 cm³/mol. The van der Waals surface area contributed by atoms with Crippen LogP contribution in [0.5, 0.6) is 0 Å². The Kier molecular flexibility index (Phi) is 5.00. The van der Waals surface area contributed by atoms with Gasteiger partial charge in [-0.3, -0.25) is 4.90 Å². The largest absolute Gasteiger partial charge is 0.388 e. The maximum absolute atomic E-state index is 13.9. The van der Waals surface area contributed by atoms with Gasteiger partial charge in [-0.2, -0.15) is 5.10 Å². The summed E-state index contributed by atoms with van der Waals surface area (Å²) in [4.78, 5) is 2.32. The first-order valence-electron chi connectivity index (χ1n) is 9.15. The highest BCUT2D eigenvalue weighted by atomic mass is 19.1. The van der Waals surface area contributed by atoms with Crippen LogP contribution in [0.3, 0.4) is 0 Å². The van der Waals surface area contributed by atoms with E-state index >= 15 is 0 Å². The molecule has 0 spiro atoms. The van der Waals surface area contributed by atoms with Crippen LogP contribution in [0, 0.1) is 5.82 Å². The molecule has 1 N–H and O–H groups in total. The fourth-order valence-corrected chi connectivity index (χ4v) is 3.83. The average molecular weight is 370 g/mol. The van der Waals surface area contributed by atoms with Crippen molar-refractivity contribution in [3.63, 3.8) is 0 Å². The van der Waals surface area contributed by atoms with E-state index in [2.05, 4.69) is 20.2 Å². The van der Waals surface area contributed by atoms with Gasteiger partial charge in [-0.1, -0.05) is 0 Å². The lowest BCUT2D eigenvalue weighted by atomic mass is 9.96. The molecule has 1 fully saturated rings. The molecule has 0 amide bonds. The normalized spacial score (nSPS) is 18.1. The van der Waals surface area contributed by atoms with Gasteiger partial charge in [0.1, 0.15) is 18.2 Å². The second-order valence-electron chi connectivity index (χ2n) is 6.99. The van der Waals surface area contributed by atoms with Crippen LogP contribution in [0.15, 0.2) is 36.7 Å². The van der Waals surface area contributed by atoms with Gasteiger partial charge in [0.05, 0.1) is 5.69 Å². The Hall–Kier alpha value is -2.58. The zero-order chi connectivity index (χ0) is 18.8. The zero-order valence-electron chi connectivity index (χ0n) is 15.3. The first-order chi connectivity index (χ1) is 13.2. The Morgan fingerprint density at radius 1 is 1.30 bits per heavy atom. The third-order valence-electron chi connectivity index (χ3n) is 5.20. The smallest absolute Gasteiger partial charge is 0.158 e. The quantitative estimate of drug-likeness (QED) is 0.744. The van der Waals surface area contributed by atoms with Crippen molar-refractivity contribution in [1.29, 1.82) is 0 Å². The Morgan fingerprint density at radius 2 is 2.19 bits per heavy atom. The summed E-state index contributed by atoms with van der Waals surface area (Å²) in [6, 6.07) is 6.69. The van der Waals surface area contributed by atoms with Crippen molar-refractivity contribution in [2.75, 3.05) is 13.1 Å². The fraction of sp³-hybridized carbons (Fsp3) is 0.421. The van der Waals surface area contributed by atoms with Crippen molar-refractivity contribution >= 4 is 0 Å². The number of aliphatic hydroxyl groups excluding tert-OH is 1. The summed E-state index contributed by atoms with van der Waals surface area (Å²) < 4.78 is 17.5. The lowest BCUT2D eigenvalue weighted by Gasteiger charge is -2.32. The summed E-state index contributed by atoms with van der Waals surface area (Å²) in [5.41, 5.74) is 1.80. The molecule has 8 heteroatoms. The summed E-state index contributed by atoms with van der Waals surface area (Å²) in [6.45, 7) is 2.31. The van der Waals surface area contributed by atoms with Crippen LogP contribution in [-0.4, -0.2) is 47.6 Å². The Bertz CT molecular complexity index is 907. The first-order valence-corrected chi connectivity index (χ1v) is 9.15. The van der Waals surface area contributed by atoms with E-state index in [1.165, 1.54) is 6.07 Å². The highest BCUT2D eigenvalue weighted by Gasteiger charge is 2.26. The lowest BCUT2D eigenvalue weighted by molar-refractivity contribution is 0.194. The van der Waals surface area contributed by atoms with E-state index in [1.54, 1.807) is 23.0 Å². The number of hydrogen-bond acceptors (Lipinski definition) is 5. The van der Waals surface area contributed by atoms with Crippen molar-refractivity contribution in [3.05, 3.63) is 59.7 Å². The van der Waals surface area contributed by atoms with Gasteiger partial charge in [-0.25, -0.2) is 9.07 Å². The van der Waals surface area contributed by atoms with Crippen molar-refractivity contribution in [2.24, 2.45) is 7.05 Å². The Labute approximate surface area is 157 Å². The molecule has 0 radical (unpaired) electrons. The average Bonchev–Trinajstić information content (AvgIpc) is 3.32. The van der Waals surface area contributed by atoms with Crippen LogP contribution in [0.2, 0.25) is 0 Å². The third-order valence-corrected chi connectivity index (χ3v) is 5.20. The van der Waals surface area contributed by atoms with Crippen molar-refractivity contribution < 1.29 is 9.50 Å². The predicted octanol–water partition coefficient (Wildman–Crippen LogP) is 2.01. The summed E-state index contributed by atoms with van der Waals surface area (Å²) in [7, 11) is 1.89. The molecule has 1 aliphatic rings. The number of aromatic nitrogens is 5. The summed E-state index contributed by atoms with van der Waals surface area (Å²) in [5.74, 6) is 1.48. The molecule has 0 aliphatic carbocycles. The van der Waals surface area contributed by atoms with Gasteiger partial charge in [-0.15, -0.1) is 10.2 Å². The number of nitrogens with zero attached hydrogens (tertiary/aromatic N) is 6. The van der Waals surface area contributed by atoms with E-state index < -0.39 is 0 Å². The minimum Gasteiger partial charge on any atom is -0.388 e. The van der Waals surface area contributed by atoms with Gasteiger partial charge in [0.25, 0.3) is 0 Å². The molecule has 1 saturated heterocycles. The molecular formula is C19H23FN6O. The van der Waals surface area contributed by atoms with E-state index in [-0.39, 0.29) is 18.3 Å². The number of likely N-dealkylation sites (tertiary alicyclic amines) is 1. The van der Waals surface area contributed by atoms with Gasteiger partial charge in [0.2, 0.25) is 0 Å². The summed E-state index contributed by atoms with van der Waals surface area (Å²) in [5, 5.41) is 22.0. The first kappa shape index (κ1) is 17.8. The number of hydrogen-bond donors (Lipinski definition) is 1. The zero-order valence-corrected chi connectivity index (χ0v) is 15.3. The number of rotatable bonds is 5. The molecule has 4 rings (SSSR count). The SMILES string of the molecule is Cn1c(CO)nnc1[C@@H]1CCCN(Cc2cc(F)ccc2-n2cccn2)C1. The van der Waals surface area contributed by atoms with Crippen LogP contribution in [0.25, 0.3) is 5.69 Å². The summed E-state index contributed by atoms with van der Waals surface area (Å²) >= 11 is 0. The van der Waals surface area contributed by atoms with Crippen LogP contribution < -0.4 is 0 Å². The number of benzene rings is 1. The van der Waals surface area contributed by atoms with Gasteiger partial charge in [0.15, 0.2) is 5.82 Å². The van der Waals surface area contributed by atoms with Crippen molar-refractivity contribution in [3.8, 4) is 5.69 Å². The number of halogens is 1. The molecule has 142 valence electrons. The molecule has 27 heavy (non-hydrogen) atoms. The maximum Gasteiger partial charge on any atom is 0.158 e. The second kappa shape index (κ2) is 7.58. The van der Waals surface area contributed by atoms with E-state index in [0.717, 1.165) is 43.0 Å². The molecule has 1 aliphatic heterocycles. The number of piperidine rings is 1. The van der Waals surface area contributed by atoms with Gasteiger partial charge >= 0.3 is 0 Å². The molecule has 7 nitrogen and oxygen atoms in total. The maximum atomic E-state index is 13.9.